The molecule has 0 bridgehead atoms. The Labute approximate surface area is 114 Å². The molecule has 0 saturated carbocycles. The highest BCUT2D eigenvalue weighted by Crippen LogP contribution is 2.16. The smallest absolute Gasteiger partial charge is 0.234 e. The monoisotopic (exact) mass is 266 g/mol. The molecular weight excluding hydrogens is 244 g/mol. The van der Waals surface area contributed by atoms with E-state index in [-0.39, 0.29) is 5.91 Å². The summed E-state index contributed by atoms with van der Waals surface area (Å²) in [5.41, 5.74) is 8.59. The van der Waals surface area contributed by atoms with Gasteiger partial charge in [0.05, 0.1) is 5.75 Å². The van der Waals surface area contributed by atoms with Gasteiger partial charge in [-0.05, 0) is 56.2 Å². The first-order chi connectivity index (χ1) is 8.63. The number of carbonyl (C=O) groups is 1. The first-order valence-electron chi connectivity index (χ1n) is 6.28. The van der Waals surface area contributed by atoms with Gasteiger partial charge in [0.1, 0.15) is 0 Å². The molecule has 0 aliphatic carbocycles. The second-order valence-corrected chi connectivity index (χ2v) is 5.52. The van der Waals surface area contributed by atoms with Crippen LogP contribution in [0.5, 0.6) is 0 Å². The van der Waals surface area contributed by atoms with Crippen LogP contribution in [0.1, 0.15) is 24.0 Å². The molecule has 0 atom stereocenters. The van der Waals surface area contributed by atoms with Crippen molar-refractivity contribution >= 4 is 23.4 Å². The Kier molecular flexibility index (Phi) is 6.83. The largest absolute Gasteiger partial charge is 0.330 e. The maximum atomic E-state index is 11.8. The lowest BCUT2D eigenvalue weighted by atomic mass is 10.1. The first-order valence-corrected chi connectivity index (χ1v) is 7.44. The van der Waals surface area contributed by atoms with Crippen molar-refractivity contribution in [2.24, 2.45) is 5.73 Å². The Morgan fingerprint density at radius 3 is 2.83 bits per heavy atom. The molecule has 0 spiro atoms. The molecule has 0 aliphatic heterocycles. The summed E-state index contributed by atoms with van der Waals surface area (Å²) in [5, 5.41) is 2.96. The molecule has 0 aliphatic rings. The van der Waals surface area contributed by atoms with Gasteiger partial charge >= 0.3 is 0 Å². The summed E-state index contributed by atoms with van der Waals surface area (Å²) < 4.78 is 0. The fourth-order valence-electron chi connectivity index (χ4n) is 1.57. The van der Waals surface area contributed by atoms with Crippen LogP contribution in [0.4, 0.5) is 5.69 Å². The quantitative estimate of drug-likeness (QED) is 0.746. The van der Waals surface area contributed by atoms with Crippen LogP contribution in [0.15, 0.2) is 18.2 Å². The Morgan fingerprint density at radius 2 is 2.11 bits per heavy atom. The molecule has 0 saturated heterocycles. The molecule has 1 aromatic rings. The van der Waals surface area contributed by atoms with Crippen LogP contribution in [0, 0.1) is 13.8 Å². The van der Waals surface area contributed by atoms with E-state index in [2.05, 4.69) is 5.32 Å². The van der Waals surface area contributed by atoms with Crippen molar-refractivity contribution in [1.29, 1.82) is 0 Å². The van der Waals surface area contributed by atoms with Gasteiger partial charge in [-0.3, -0.25) is 4.79 Å². The summed E-state index contributed by atoms with van der Waals surface area (Å²) in [6.07, 6.45) is 2.11. The lowest BCUT2D eigenvalue weighted by Gasteiger charge is -2.09. The van der Waals surface area contributed by atoms with E-state index in [9.17, 15) is 4.79 Å². The van der Waals surface area contributed by atoms with Crippen LogP contribution >= 0.6 is 11.8 Å². The third-order valence-electron chi connectivity index (χ3n) is 2.64. The minimum atomic E-state index is 0.0708. The molecule has 100 valence electrons. The number of thioether (sulfide) groups is 1. The number of hydrogen-bond donors (Lipinski definition) is 2. The zero-order valence-corrected chi connectivity index (χ0v) is 12.0. The molecule has 3 N–H and O–H groups in total. The predicted molar refractivity (Wildman–Crippen MR) is 80.2 cm³/mol. The van der Waals surface area contributed by atoms with Gasteiger partial charge in [-0.15, -0.1) is 0 Å². The van der Waals surface area contributed by atoms with Gasteiger partial charge in [-0.2, -0.15) is 11.8 Å². The van der Waals surface area contributed by atoms with Crippen molar-refractivity contribution in [3.05, 3.63) is 29.3 Å². The highest BCUT2D eigenvalue weighted by molar-refractivity contribution is 7.99. The third-order valence-corrected chi connectivity index (χ3v) is 3.69. The second-order valence-electron chi connectivity index (χ2n) is 4.41. The number of nitrogens with one attached hydrogen (secondary N) is 1. The highest BCUT2D eigenvalue weighted by Gasteiger charge is 2.04. The molecule has 0 fully saturated rings. The molecule has 0 radical (unpaired) electrons. The van der Waals surface area contributed by atoms with E-state index >= 15 is 0 Å². The van der Waals surface area contributed by atoms with Gasteiger partial charge in [0.25, 0.3) is 0 Å². The van der Waals surface area contributed by atoms with Gasteiger partial charge in [0.15, 0.2) is 0 Å². The molecular formula is C14H22N2OS. The van der Waals surface area contributed by atoms with E-state index in [4.69, 9.17) is 5.73 Å². The molecule has 0 aromatic heterocycles. The van der Waals surface area contributed by atoms with Gasteiger partial charge in [-0.1, -0.05) is 12.1 Å². The minimum absolute atomic E-state index is 0.0708. The lowest BCUT2D eigenvalue weighted by molar-refractivity contribution is -0.113. The van der Waals surface area contributed by atoms with Crippen molar-refractivity contribution in [3.63, 3.8) is 0 Å². The number of amides is 1. The summed E-state index contributed by atoms with van der Waals surface area (Å²) in [7, 11) is 0. The Balaban J connectivity index is 2.33. The van der Waals surface area contributed by atoms with E-state index in [1.807, 2.05) is 32.0 Å². The Morgan fingerprint density at radius 1 is 1.33 bits per heavy atom. The van der Waals surface area contributed by atoms with Crippen molar-refractivity contribution in [1.82, 2.24) is 0 Å². The van der Waals surface area contributed by atoms with E-state index < -0.39 is 0 Å². The summed E-state index contributed by atoms with van der Waals surface area (Å²) in [6.45, 7) is 4.76. The normalized spacial score (nSPS) is 10.4. The van der Waals surface area contributed by atoms with Crippen LogP contribution in [0.3, 0.4) is 0 Å². The molecule has 0 heterocycles. The summed E-state index contributed by atoms with van der Waals surface area (Å²) in [4.78, 5) is 11.8. The predicted octanol–water partition coefficient (Wildman–Crippen LogP) is 2.71. The standard InChI is InChI=1S/C14H22N2OS/c1-11-5-6-12(2)13(9-11)16-14(17)10-18-8-4-3-7-15/h5-6,9H,3-4,7-8,10,15H2,1-2H3,(H,16,17). The number of aryl methyl sites for hydroxylation is 2. The molecule has 3 nitrogen and oxygen atoms in total. The number of rotatable bonds is 7. The Bertz CT molecular complexity index is 393. The first kappa shape index (κ1) is 15.1. The van der Waals surface area contributed by atoms with Crippen molar-refractivity contribution in [2.75, 3.05) is 23.4 Å². The van der Waals surface area contributed by atoms with Crippen LogP contribution in [0.25, 0.3) is 0 Å². The zero-order valence-electron chi connectivity index (χ0n) is 11.2. The SMILES string of the molecule is Cc1ccc(C)c(NC(=O)CSCCCCN)c1. The topological polar surface area (TPSA) is 55.1 Å². The van der Waals surface area contributed by atoms with Gasteiger partial charge < -0.3 is 11.1 Å². The number of hydrogen-bond acceptors (Lipinski definition) is 3. The molecule has 0 unspecified atom stereocenters. The van der Waals surface area contributed by atoms with Crippen LogP contribution in [-0.2, 0) is 4.79 Å². The van der Waals surface area contributed by atoms with Gasteiger partial charge in [0.2, 0.25) is 5.91 Å². The number of carbonyl (C=O) groups excluding carboxylic acids is 1. The van der Waals surface area contributed by atoms with Crippen molar-refractivity contribution in [3.8, 4) is 0 Å². The lowest BCUT2D eigenvalue weighted by Crippen LogP contribution is -2.15. The van der Waals surface area contributed by atoms with E-state index in [0.717, 1.165) is 42.0 Å². The van der Waals surface area contributed by atoms with Crippen molar-refractivity contribution < 1.29 is 4.79 Å². The highest BCUT2D eigenvalue weighted by atomic mass is 32.2. The third kappa shape index (κ3) is 5.56. The zero-order chi connectivity index (χ0) is 13.4. The van der Waals surface area contributed by atoms with Crippen LogP contribution in [-0.4, -0.2) is 24.0 Å². The average Bonchev–Trinajstić information content (AvgIpc) is 2.33. The maximum absolute atomic E-state index is 11.8. The van der Waals surface area contributed by atoms with Crippen molar-refractivity contribution in [2.45, 2.75) is 26.7 Å². The van der Waals surface area contributed by atoms with E-state index in [1.165, 1.54) is 0 Å². The number of anilines is 1. The minimum Gasteiger partial charge on any atom is -0.330 e. The fourth-order valence-corrected chi connectivity index (χ4v) is 2.38. The molecule has 1 amide bonds. The van der Waals surface area contributed by atoms with Gasteiger partial charge in [-0.25, -0.2) is 0 Å². The number of unbranched alkanes of at least 4 members (excludes halogenated alkanes) is 1. The molecule has 1 aromatic carbocycles. The summed E-state index contributed by atoms with van der Waals surface area (Å²) >= 11 is 1.66. The summed E-state index contributed by atoms with van der Waals surface area (Å²) in [6, 6.07) is 6.08. The van der Waals surface area contributed by atoms with E-state index in [0.29, 0.717) is 5.75 Å². The fraction of sp³-hybridized carbons (Fsp3) is 0.500. The van der Waals surface area contributed by atoms with Crippen LogP contribution in [0.2, 0.25) is 0 Å². The summed E-state index contributed by atoms with van der Waals surface area (Å²) in [5.74, 6) is 1.58. The second kappa shape index (κ2) is 8.16. The number of benzene rings is 1. The van der Waals surface area contributed by atoms with Crippen LogP contribution < -0.4 is 11.1 Å². The Hall–Kier alpha value is -1.00. The number of nitrogens with two attached hydrogens (primary N) is 1. The van der Waals surface area contributed by atoms with Gasteiger partial charge in [0, 0.05) is 5.69 Å². The molecule has 18 heavy (non-hydrogen) atoms. The maximum Gasteiger partial charge on any atom is 0.234 e. The molecule has 1 rings (SSSR count). The molecule has 4 heteroatoms. The average molecular weight is 266 g/mol. The van der Waals surface area contributed by atoms with E-state index in [1.54, 1.807) is 11.8 Å².